The van der Waals surface area contributed by atoms with Crippen molar-refractivity contribution in [3.8, 4) is 0 Å². The number of rotatable bonds is 6. The van der Waals surface area contributed by atoms with Crippen molar-refractivity contribution in [3.05, 3.63) is 47.0 Å². The van der Waals surface area contributed by atoms with E-state index in [4.69, 9.17) is 0 Å². The molecule has 0 radical (unpaired) electrons. The van der Waals surface area contributed by atoms with Gasteiger partial charge in [0, 0.05) is 30.6 Å². The van der Waals surface area contributed by atoms with Gasteiger partial charge in [-0.05, 0) is 75.4 Å². The second-order valence-electron chi connectivity index (χ2n) is 7.22. The highest BCUT2D eigenvalue weighted by Gasteiger charge is 2.22. The molecule has 1 unspecified atom stereocenters. The first-order valence-corrected chi connectivity index (χ1v) is 9.66. The Morgan fingerprint density at radius 2 is 2.04 bits per heavy atom. The molecule has 1 fully saturated rings. The molecule has 136 valence electrons. The maximum atomic E-state index is 14.7. The van der Waals surface area contributed by atoms with E-state index >= 15 is 0 Å². The molecule has 2 aliphatic rings. The smallest absolute Gasteiger partial charge is 0.126 e. The zero-order valence-corrected chi connectivity index (χ0v) is 15.5. The van der Waals surface area contributed by atoms with Crippen LogP contribution in [-0.2, 0) is 6.42 Å². The Balaban J connectivity index is 1.61. The van der Waals surface area contributed by atoms with Gasteiger partial charge in [-0.25, -0.2) is 4.39 Å². The van der Waals surface area contributed by atoms with Crippen molar-refractivity contribution in [1.29, 1.82) is 0 Å². The summed E-state index contributed by atoms with van der Waals surface area (Å²) in [6, 6.07) is 5.89. The van der Waals surface area contributed by atoms with Crippen LogP contribution >= 0.6 is 0 Å². The van der Waals surface area contributed by atoms with E-state index in [0.717, 1.165) is 63.0 Å². The number of piperidine rings is 1. The van der Waals surface area contributed by atoms with Gasteiger partial charge in [0.25, 0.3) is 0 Å². The Labute approximate surface area is 151 Å². The summed E-state index contributed by atoms with van der Waals surface area (Å²) in [7, 11) is 0. The lowest BCUT2D eigenvalue weighted by Crippen LogP contribution is -2.32. The van der Waals surface area contributed by atoms with Gasteiger partial charge >= 0.3 is 0 Å². The molecule has 25 heavy (non-hydrogen) atoms. The number of hydrogen-bond donors (Lipinski definition) is 1. The van der Waals surface area contributed by atoms with Gasteiger partial charge in [-0.1, -0.05) is 19.1 Å². The monoisotopic (exact) mass is 343 g/mol. The number of nitrogens with one attached hydrogen (secondary N) is 1. The topological polar surface area (TPSA) is 27.6 Å². The molecule has 0 saturated carbocycles. The maximum Gasteiger partial charge on any atom is 0.126 e. The van der Waals surface area contributed by atoms with Crippen LogP contribution in [0.15, 0.2) is 35.1 Å². The van der Waals surface area contributed by atoms with Crippen LogP contribution in [0, 0.1) is 11.7 Å². The molecular formula is C21H30FN3. The molecule has 1 atom stereocenters. The minimum absolute atomic E-state index is 0.0253. The van der Waals surface area contributed by atoms with Crippen molar-refractivity contribution in [2.75, 3.05) is 26.2 Å². The van der Waals surface area contributed by atoms with Gasteiger partial charge in [0.05, 0.1) is 0 Å². The lowest BCUT2D eigenvalue weighted by atomic mass is 9.87. The molecule has 0 aromatic heterocycles. The van der Waals surface area contributed by atoms with Crippen LogP contribution in [0.2, 0.25) is 0 Å². The van der Waals surface area contributed by atoms with Crippen molar-refractivity contribution in [3.63, 3.8) is 0 Å². The van der Waals surface area contributed by atoms with Crippen molar-refractivity contribution < 1.29 is 4.39 Å². The molecular weight excluding hydrogens is 313 g/mol. The van der Waals surface area contributed by atoms with E-state index in [1.54, 1.807) is 6.07 Å². The van der Waals surface area contributed by atoms with E-state index in [0.29, 0.717) is 11.8 Å². The highest BCUT2D eigenvalue weighted by atomic mass is 19.1. The van der Waals surface area contributed by atoms with Gasteiger partial charge in [0.1, 0.15) is 5.82 Å². The van der Waals surface area contributed by atoms with Crippen molar-refractivity contribution in [1.82, 2.24) is 10.2 Å². The highest BCUT2D eigenvalue weighted by molar-refractivity contribution is 5.64. The SMILES string of the molecule is CCNC1=CN=CC(Cc2ccc(C3CCN(CC)CC3)c(F)c2)C1. The molecule has 0 amide bonds. The largest absolute Gasteiger partial charge is 0.387 e. The van der Waals surface area contributed by atoms with Crippen LogP contribution in [0.5, 0.6) is 0 Å². The normalized spacial score (nSPS) is 22.0. The number of nitrogens with zero attached hydrogens (tertiary/aromatic N) is 2. The molecule has 2 aliphatic heterocycles. The van der Waals surface area contributed by atoms with Gasteiger partial charge in [0.2, 0.25) is 0 Å². The first-order chi connectivity index (χ1) is 12.2. The summed E-state index contributed by atoms with van der Waals surface area (Å²) >= 11 is 0. The van der Waals surface area contributed by atoms with Gasteiger partial charge in [-0.15, -0.1) is 0 Å². The Hall–Kier alpha value is -1.68. The van der Waals surface area contributed by atoms with Crippen molar-refractivity contribution >= 4 is 6.21 Å². The summed E-state index contributed by atoms with van der Waals surface area (Å²) in [5, 5.41) is 3.34. The number of aliphatic imine (C=N–C) groups is 1. The summed E-state index contributed by atoms with van der Waals surface area (Å²) < 4.78 is 14.7. The predicted octanol–water partition coefficient (Wildman–Crippen LogP) is 4.11. The summed E-state index contributed by atoms with van der Waals surface area (Å²) in [5.41, 5.74) is 3.15. The number of likely N-dealkylation sites (tertiary alicyclic amines) is 1. The minimum Gasteiger partial charge on any atom is -0.387 e. The van der Waals surface area contributed by atoms with Crippen LogP contribution in [0.1, 0.15) is 50.2 Å². The third kappa shape index (κ3) is 4.69. The van der Waals surface area contributed by atoms with Crippen LogP contribution in [0.3, 0.4) is 0 Å². The van der Waals surface area contributed by atoms with Gasteiger partial charge in [-0.3, -0.25) is 4.99 Å². The Morgan fingerprint density at radius 3 is 2.72 bits per heavy atom. The first-order valence-electron chi connectivity index (χ1n) is 9.66. The summed E-state index contributed by atoms with van der Waals surface area (Å²) in [4.78, 5) is 6.78. The molecule has 1 aromatic carbocycles. The first kappa shape index (κ1) is 18.1. The average molecular weight is 343 g/mol. The number of hydrogen-bond acceptors (Lipinski definition) is 3. The number of benzene rings is 1. The van der Waals surface area contributed by atoms with Crippen molar-refractivity contribution in [2.24, 2.45) is 10.9 Å². The maximum absolute atomic E-state index is 14.7. The molecule has 0 bridgehead atoms. The lowest BCUT2D eigenvalue weighted by molar-refractivity contribution is 0.220. The molecule has 0 spiro atoms. The van der Waals surface area contributed by atoms with Gasteiger partial charge in [0.15, 0.2) is 0 Å². The zero-order chi connectivity index (χ0) is 17.6. The fourth-order valence-electron chi connectivity index (χ4n) is 4.00. The third-order valence-electron chi connectivity index (χ3n) is 5.45. The average Bonchev–Trinajstić information content (AvgIpc) is 2.63. The Kier molecular flexibility index (Phi) is 6.24. The molecule has 3 rings (SSSR count). The quantitative estimate of drug-likeness (QED) is 0.842. The van der Waals surface area contributed by atoms with Crippen LogP contribution in [0.25, 0.3) is 0 Å². The second-order valence-corrected chi connectivity index (χ2v) is 7.22. The van der Waals surface area contributed by atoms with E-state index in [9.17, 15) is 4.39 Å². The summed E-state index contributed by atoms with van der Waals surface area (Å²) in [6.07, 6.45) is 7.82. The highest BCUT2D eigenvalue weighted by Crippen LogP contribution is 2.30. The Morgan fingerprint density at radius 1 is 1.24 bits per heavy atom. The van der Waals surface area contributed by atoms with E-state index in [1.807, 2.05) is 18.5 Å². The molecule has 4 heteroatoms. The summed E-state index contributed by atoms with van der Waals surface area (Å²) in [5.74, 6) is 0.691. The van der Waals surface area contributed by atoms with Crippen molar-refractivity contribution in [2.45, 2.75) is 45.4 Å². The fraction of sp³-hybridized carbons (Fsp3) is 0.571. The van der Waals surface area contributed by atoms with E-state index in [1.165, 1.54) is 5.70 Å². The molecule has 2 heterocycles. The molecule has 1 aromatic rings. The fourth-order valence-corrected chi connectivity index (χ4v) is 4.00. The van der Waals surface area contributed by atoms with E-state index < -0.39 is 0 Å². The third-order valence-corrected chi connectivity index (χ3v) is 5.45. The van der Waals surface area contributed by atoms with Crippen LogP contribution in [-0.4, -0.2) is 37.3 Å². The summed E-state index contributed by atoms with van der Waals surface area (Å²) in [6.45, 7) is 8.46. The molecule has 1 N–H and O–H groups in total. The second kappa shape index (κ2) is 8.61. The minimum atomic E-state index is -0.0253. The predicted molar refractivity (Wildman–Crippen MR) is 103 cm³/mol. The number of allylic oxidation sites excluding steroid dienone is 1. The van der Waals surface area contributed by atoms with E-state index in [2.05, 4.69) is 35.1 Å². The Bertz CT molecular complexity index is 630. The standard InChI is InChI=1S/C21H30FN3/c1-3-24-19-12-17(14-23-15-19)11-16-5-6-20(21(22)13-16)18-7-9-25(4-2)10-8-18/h5-6,13-15,17-18,24H,3-4,7-12H2,1-2H3. The zero-order valence-electron chi connectivity index (χ0n) is 15.5. The van der Waals surface area contributed by atoms with Crippen LogP contribution in [0.4, 0.5) is 4.39 Å². The lowest BCUT2D eigenvalue weighted by Gasteiger charge is -2.31. The molecule has 3 nitrogen and oxygen atoms in total. The van der Waals surface area contributed by atoms with Crippen LogP contribution < -0.4 is 5.32 Å². The van der Waals surface area contributed by atoms with Gasteiger partial charge in [-0.2, -0.15) is 0 Å². The molecule has 0 aliphatic carbocycles. The molecule has 1 saturated heterocycles. The van der Waals surface area contributed by atoms with Gasteiger partial charge < -0.3 is 10.2 Å². The number of halogens is 1. The van der Waals surface area contributed by atoms with E-state index in [-0.39, 0.29) is 5.82 Å².